The van der Waals surface area contributed by atoms with Gasteiger partial charge in [-0.15, -0.1) is 0 Å². The van der Waals surface area contributed by atoms with Crippen LogP contribution in [0.25, 0.3) is 16.7 Å². The van der Waals surface area contributed by atoms with Crippen molar-refractivity contribution in [2.24, 2.45) is 4.99 Å². The van der Waals surface area contributed by atoms with Gasteiger partial charge in [-0.2, -0.15) is 5.26 Å². The number of hydrogen-bond acceptors (Lipinski definition) is 4. The van der Waals surface area contributed by atoms with Crippen LogP contribution in [0, 0.1) is 18.3 Å². The van der Waals surface area contributed by atoms with E-state index in [1.165, 1.54) is 16.7 Å². The normalized spacial score (nSPS) is 11.3. The summed E-state index contributed by atoms with van der Waals surface area (Å²) < 4.78 is 1.45. The number of nitrogens with one attached hydrogen (secondary N) is 1. The third-order valence-corrected chi connectivity index (χ3v) is 4.65. The third kappa shape index (κ3) is 2.56. The third-order valence-electron chi connectivity index (χ3n) is 4.65. The second-order valence-corrected chi connectivity index (χ2v) is 6.24. The number of fused-ring (bicyclic) bond motifs is 3. The lowest BCUT2D eigenvalue weighted by Crippen LogP contribution is -2.20. The van der Waals surface area contributed by atoms with Crippen molar-refractivity contribution >= 4 is 34.6 Å². The van der Waals surface area contributed by atoms with Crippen molar-refractivity contribution in [3.63, 3.8) is 0 Å². The van der Waals surface area contributed by atoms with Crippen LogP contribution in [0.1, 0.15) is 27.0 Å². The first kappa shape index (κ1) is 17.2. The van der Waals surface area contributed by atoms with Gasteiger partial charge in [-0.1, -0.05) is 24.3 Å². The standard InChI is InChI=1S/C21H14N4O3/c1-12-14(10-22)19-24-17-8-4-5-9-18(17)25(19)20(26)15(12)11-23-16-7-3-2-6-13(16)21(27)28/h2-9,11,24H,1H3,(H,27,28). The largest absolute Gasteiger partial charge is 0.478 e. The minimum atomic E-state index is -1.11. The number of carbonyl (C=O) groups is 1. The molecule has 4 aromatic rings. The van der Waals surface area contributed by atoms with E-state index in [1.807, 2.05) is 18.2 Å². The molecule has 0 bridgehead atoms. The highest BCUT2D eigenvalue weighted by atomic mass is 16.4. The highest BCUT2D eigenvalue weighted by Gasteiger charge is 2.17. The molecule has 2 N–H and O–H groups in total. The Bertz CT molecular complexity index is 1390. The van der Waals surface area contributed by atoms with E-state index in [0.29, 0.717) is 22.3 Å². The number of aromatic carboxylic acids is 1. The summed E-state index contributed by atoms with van der Waals surface area (Å²) in [6.45, 7) is 1.68. The van der Waals surface area contributed by atoms with Crippen LogP contribution < -0.4 is 5.56 Å². The molecule has 0 aliphatic carbocycles. The molecule has 0 amide bonds. The fourth-order valence-corrected chi connectivity index (χ4v) is 3.25. The van der Waals surface area contributed by atoms with Crippen molar-refractivity contribution in [2.75, 3.05) is 0 Å². The van der Waals surface area contributed by atoms with Gasteiger partial charge in [-0.3, -0.25) is 14.2 Å². The van der Waals surface area contributed by atoms with Crippen molar-refractivity contribution in [2.45, 2.75) is 6.92 Å². The lowest BCUT2D eigenvalue weighted by atomic mass is 10.1. The fourth-order valence-electron chi connectivity index (χ4n) is 3.25. The Kier molecular flexibility index (Phi) is 4.02. The second-order valence-electron chi connectivity index (χ2n) is 6.24. The van der Waals surface area contributed by atoms with Crippen LogP contribution in [0.5, 0.6) is 0 Å². The molecule has 4 rings (SSSR count). The zero-order valence-corrected chi connectivity index (χ0v) is 14.8. The maximum atomic E-state index is 13.2. The minimum Gasteiger partial charge on any atom is -0.478 e. The van der Waals surface area contributed by atoms with Gasteiger partial charge in [0.25, 0.3) is 5.56 Å². The molecule has 2 aromatic heterocycles. The first-order valence-corrected chi connectivity index (χ1v) is 8.45. The zero-order chi connectivity index (χ0) is 19.8. The van der Waals surface area contributed by atoms with Gasteiger partial charge in [-0.05, 0) is 36.8 Å². The average Bonchev–Trinajstić information content (AvgIpc) is 3.07. The number of aliphatic imine (C=N–C) groups is 1. The summed E-state index contributed by atoms with van der Waals surface area (Å²) in [6, 6.07) is 15.7. The molecule has 0 atom stereocenters. The lowest BCUT2D eigenvalue weighted by molar-refractivity contribution is 0.0698. The molecular formula is C21H14N4O3. The Labute approximate surface area is 158 Å². The summed E-state index contributed by atoms with van der Waals surface area (Å²) in [5.41, 5.74) is 2.80. The Balaban J connectivity index is 2.01. The van der Waals surface area contributed by atoms with Crippen LogP contribution in [0.3, 0.4) is 0 Å². The molecule has 0 radical (unpaired) electrons. The van der Waals surface area contributed by atoms with Crippen LogP contribution in [0.15, 0.2) is 58.3 Å². The van der Waals surface area contributed by atoms with Crippen LogP contribution in [0.2, 0.25) is 0 Å². The summed E-state index contributed by atoms with van der Waals surface area (Å²) in [5, 5.41) is 19.0. The van der Waals surface area contributed by atoms with E-state index in [1.54, 1.807) is 31.2 Å². The van der Waals surface area contributed by atoms with E-state index >= 15 is 0 Å². The molecule has 0 aliphatic rings. The Morgan fingerprint density at radius 3 is 2.68 bits per heavy atom. The molecule has 0 saturated heterocycles. The predicted molar refractivity (Wildman–Crippen MR) is 106 cm³/mol. The van der Waals surface area contributed by atoms with Crippen molar-refractivity contribution in [1.29, 1.82) is 5.26 Å². The zero-order valence-electron chi connectivity index (χ0n) is 14.8. The predicted octanol–water partition coefficient (Wildman–Crippen LogP) is 3.41. The number of nitrogens with zero attached hydrogens (tertiary/aromatic N) is 3. The number of rotatable bonds is 3. The highest BCUT2D eigenvalue weighted by Crippen LogP contribution is 2.22. The number of aromatic amines is 1. The molecular weight excluding hydrogens is 356 g/mol. The molecule has 0 spiro atoms. The maximum absolute atomic E-state index is 13.2. The second kappa shape index (κ2) is 6.52. The topological polar surface area (TPSA) is 111 Å². The molecule has 0 saturated carbocycles. The van der Waals surface area contributed by atoms with E-state index in [0.717, 1.165) is 5.52 Å². The molecule has 136 valence electrons. The van der Waals surface area contributed by atoms with Crippen LogP contribution in [-0.4, -0.2) is 26.7 Å². The molecule has 0 unspecified atom stereocenters. The molecule has 28 heavy (non-hydrogen) atoms. The van der Waals surface area contributed by atoms with E-state index < -0.39 is 5.97 Å². The van der Waals surface area contributed by atoms with Crippen molar-refractivity contribution in [3.05, 3.63) is 81.1 Å². The number of benzene rings is 2. The summed E-state index contributed by atoms with van der Waals surface area (Å²) in [5.74, 6) is -1.11. The number of carboxylic acid groups (broad SMARTS) is 1. The fraction of sp³-hybridized carbons (Fsp3) is 0.0476. The number of carboxylic acids is 1. The summed E-state index contributed by atoms with van der Waals surface area (Å²) in [6.07, 6.45) is 1.33. The van der Waals surface area contributed by atoms with Crippen molar-refractivity contribution in [3.8, 4) is 6.07 Å². The quantitative estimate of drug-likeness (QED) is 0.538. The molecule has 0 fully saturated rings. The van der Waals surface area contributed by atoms with E-state index in [4.69, 9.17) is 0 Å². The van der Waals surface area contributed by atoms with Gasteiger partial charge in [0.15, 0.2) is 0 Å². The first-order valence-electron chi connectivity index (χ1n) is 8.45. The first-order chi connectivity index (χ1) is 13.5. The summed E-state index contributed by atoms with van der Waals surface area (Å²) in [7, 11) is 0. The van der Waals surface area contributed by atoms with Gasteiger partial charge in [0, 0.05) is 6.21 Å². The molecule has 0 aliphatic heterocycles. The average molecular weight is 370 g/mol. The van der Waals surface area contributed by atoms with E-state index in [-0.39, 0.29) is 22.4 Å². The van der Waals surface area contributed by atoms with Crippen LogP contribution in [-0.2, 0) is 0 Å². The number of para-hydroxylation sites is 3. The van der Waals surface area contributed by atoms with Gasteiger partial charge < -0.3 is 10.1 Å². The number of nitriles is 1. The van der Waals surface area contributed by atoms with Gasteiger partial charge in [0.1, 0.15) is 11.7 Å². The Hall–Kier alpha value is -4.18. The summed E-state index contributed by atoms with van der Waals surface area (Å²) >= 11 is 0. The van der Waals surface area contributed by atoms with Crippen LogP contribution >= 0.6 is 0 Å². The maximum Gasteiger partial charge on any atom is 0.337 e. The molecule has 7 nitrogen and oxygen atoms in total. The monoisotopic (exact) mass is 370 g/mol. The number of pyridine rings is 1. The Morgan fingerprint density at radius 2 is 1.93 bits per heavy atom. The van der Waals surface area contributed by atoms with Crippen molar-refractivity contribution < 1.29 is 9.90 Å². The molecule has 2 heterocycles. The number of aromatic nitrogens is 2. The van der Waals surface area contributed by atoms with Gasteiger partial charge in [-0.25, -0.2) is 4.79 Å². The summed E-state index contributed by atoms with van der Waals surface area (Å²) in [4.78, 5) is 31.9. The van der Waals surface area contributed by atoms with Crippen molar-refractivity contribution in [1.82, 2.24) is 9.38 Å². The van der Waals surface area contributed by atoms with E-state index in [9.17, 15) is 20.0 Å². The number of imidazole rings is 1. The van der Waals surface area contributed by atoms with Gasteiger partial charge >= 0.3 is 5.97 Å². The number of H-pyrrole nitrogens is 1. The van der Waals surface area contributed by atoms with Gasteiger partial charge in [0.2, 0.25) is 0 Å². The van der Waals surface area contributed by atoms with E-state index in [2.05, 4.69) is 16.0 Å². The van der Waals surface area contributed by atoms with Crippen LogP contribution in [0.4, 0.5) is 5.69 Å². The minimum absolute atomic E-state index is 0.0326. The lowest BCUT2D eigenvalue weighted by Gasteiger charge is -2.06. The smallest absolute Gasteiger partial charge is 0.337 e. The molecule has 7 heteroatoms. The highest BCUT2D eigenvalue weighted by molar-refractivity contribution is 5.95. The SMILES string of the molecule is Cc1c(C=Nc2ccccc2C(=O)O)c(=O)n2c([nH]c3ccccc32)c1C#N. The number of hydrogen-bond donors (Lipinski definition) is 2. The molecule has 2 aromatic carbocycles. The Morgan fingerprint density at radius 1 is 1.21 bits per heavy atom. The van der Waals surface area contributed by atoms with Gasteiger partial charge in [0.05, 0.1) is 33.4 Å².